The lowest BCUT2D eigenvalue weighted by molar-refractivity contribution is -0.167. The zero-order chi connectivity index (χ0) is 43.0. The number of esters is 3. The standard InChI is InChI=1S/C53H84O6/c1-4-7-10-13-16-19-22-25-26-29-31-34-37-40-43-46-52(55)58-49-50(59-53(56)47-44-41-38-35-32-28-24-21-18-15-12-9-6-3)48-57-51(54)45-42-39-36-33-30-27-23-20-17-14-11-8-5-2/h7,9-10,12-13,15-16,18-19,21-22,24-26,28,32,35,38,50H,4-6,8,11,14,17,20,23,27,29-31,33-34,36-37,39-49H2,1-3H3/b10-7+,12-9+,16-13+,18-15+,22-19+,24-21+,26-25+,32-28+,38-35+. The zero-order valence-corrected chi connectivity index (χ0v) is 37.7. The van der Waals surface area contributed by atoms with Gasteiger partial charge in [0.1, 0.15) is 13.2 Å². The molecule has 0 aromatic heterocycles. The second-order valence-corrected chi connectivity index (χ2v) is 15.1. The molecule has 6 nitrogen and oxygen atoms in total. The van der Waals surface area contributed by atoms with E-state index in [1.54, 1.807) is 0 Å². The summed E-state index contributed by atoms with van der Waals surface area (Å²) in [6.07, 6.45) is 62.2. The summed E-state index contributed by atoms with van der Waals surface area (Å²) in [5, 5.41) is 0. The number of hydrogen-bond acceptors (Lipinski definition) is 6. The van der Waals surface area contributed by atoms with Crippen molar-refractivity contribution in [2.24, 2.45) is 0 Å². The molecule has 0 rings (SSSR count). The van der Waals surface area contributed by atoms with Gasteiger partial charge >= 0.3 is 17.9 Å². The van der Waals surface area contributed by atoms with Crippen LogP contribution in [0.3, 0.4) is 0 Å². The summed E-state index contributed by atoms with van der Waals surface area (Å²) >= 11 is 0. The first-order chi connectivity index (χ1) is 29.0. The van der Waals surface area contributed by atoms with Gasteiger partial charge in [-0.25, -0.2) is 0 Å². The van der Waals surface area contributed by atoms with Crippen molar-refractivity contribution in [3.05, 3.63) is 109 Å². The van der Waals surface area contributed by atoms with E-state index in [1.165, 1.54) is 64.2 Å². The van der Waals surface area contributed by atoms with E-state index < -0.39 is 12.1 Å². The summed E-state index contributed by atoms with van der Waals surface area (Å²) in [7, 11) is 0. The topological polar surface area (TPSA) is 78.9 Å². The second kappa shape index (κ2) is 46.8. The lowest BCUT2D eigenvalue weighted by Crippen LogP contribution is -2.30. The molecular formula is C53H84O6. The fourth-order valence-electron chi connectivity index (χ4n) is 6.01. The third-order valence-electron chi connectivity index (χ3n) is 9.50. The van der Waals surface area contributed by atoms with Gasteiger partial charge in [0.25, 0.3) is 0 Å². The maximum Gasteiger partial charge on any atom is 0.306 e. The lowest BCUT2D eigenvalue weighted by atomic mass is 10.0. The summed E-state index contributed by atoms with van der Waals surface area (Å²) in [5.41, 5.74) is 0. The predicted molar refractivity (Wildman–Crippen MR) is 251 cm³/mol. The number of carbonyl (C=O) groups excluding carboxylic acids is 3. The van der Waals surface area contributed by atoms with E-state index in [-0.39, 0.29) is 31.6 Å². The smallest absolute Gasteiger partial charge is 0.306 e. The molecule has 0 spiro atoms. The molecule has 0 saturated carbocycles. The van der Waals surface area contributed by atoms with E-state index >= 15 is 0 Å². The van der Waals surface area contributed by atoms with Crippen LogP contribution in [0.4, 0.5) is 0 Å². The molecule has 0 N–H and O–H groups in total. The Labute approximate surface area is 361 Å². The lowest BCUT2D eigenvalue weighted by Gasteiger charge is -2.18. The molecule has 59 heavy (non-hydrogen) atoms. The Balaban J connectivity index is 4.55. The van der Waals surface area contributed by atoms with Crippen molar-refractivity contribution in [1.82, 2.24) is 0 Å². The highest BCUT2D eigenvalue weighted by molar-refractivity contribution is 5.71. The molecule has 1 atom stereocenters. The first kappa shape index (κ1) is 55.1. The van der Waals surface area contributed by atoms with Crippen molar-refractivity contribution in [3.8, 4) is 0 Å². The number of allylic oxidation sites excluding steroid dienone is 18. The van der Waals surface area contributed by atoms with Crippen molar-refractivity contribution >= 4 is 17.9 Å². The first-order valence-electron chi connectivity index (χ1n) is 23.5. The predicted octanol–water partition coefficient (Wildman–Crippen LogP) is 15.2. The van der Waals surface area contributed by atoms with Crippen molar-refractivity contribution < 1.29 is 28.6 Å². The third-order valence-corrected chi connectivity index (χ3v) is 9.50. The van der Waals surface area contributed by atoms with Crippen LogP contribution in [0.5, 0.6) is 0 Å². The minimum atomic E-state index is -0.823. The number of unbranched alkanes of at least 4 members (excludes halogenated alkanes) is 18. The SMILES string of the molecule is CC/C=C/C=C/C=C/C=C/C=C/CCCC(=O)OC(COC(=O)CCCCCCC/C=C/C=C/C=C/C=C/CC)COC(=O)CCCCCCCCCCCCCCC. The van der Waals surface area contributed by atoms with E-state index in [4.69, 9.17) is 14.2 Å². The highest BCUT2D eigenvalue weighted by Crippen LogP contribution is 2.14. The molecule has 332 valence electrons. The van der Waals surface area contributed by atoms with Gasteiger partial charge in [-0.1, -0.05) is 226 Å². The third kappa shape index (κ3) is 45.0. The highest BCUT2D eigenvalue weighted by Gasteiger charge is 2.19. The Kier molecular flexibility index (Phi) is 43.6. The molecule has 6 heteroatoms. The number of rotatable bonds is 40. The van der Waals surface area contributed by atoms with Crippen molar-refractivity contribution in [2.45, 2.75) is 194 Å². The summed E-state index contributed by atoms with van der Waals surface area (Å²) in [5.74, 6) is -1.02. The van der Waals surface area contributed by atoms with Gasteiger partial charge in [0.05, 0.1) is 0 Å². The van der Waals surface area contributed by atoms with Gasteiger partial charge in [0.2, 0.25) is 0 Å². The molecule has 0 fully saturated rings. The van der Waals surface area contributed by atoms with Crippen molar-refractivity contribution in [1.29, 1.82) is 0 Å². The largest absolute Gasteiger partial charge is 0.462 e. The molecule has 0 aliphatic carbocycles. The minimum absolute atomic E-state index is 0.115. The van der Waals surface area contributed by atoms with Crippen LogP contribution in [0.25, 0.3) is 0 Å². The molecule has 0 aliphatic rings. The van der Waals surface area contributed by atoms with Crippen LogP contribution in [0.15, 0.2) is 109 Å². The Bertz CT molecular complexity index is 1260. The Morgan fingerprint density at radius 1 is 0.356 bits per heavy atom. The van der Waals surface area contributed by atoms with E-state index in [1.807, 2.05) is 79.0 Å². The van der Waals surface area contributed by atoms with Crippen LogP contribution in [-0.2, 0) is 28.6 Å². The molecule has 0 saturated heterocycles. The fourth-order valence-corrected chi connectivity index (χ4v) is 6.01. The van der Waals surface area contributed by atoms with Gasteiger partial charge in [0, 0.05) is 19.3 Å². The fraction of sp³-hybridized carbons (Fsp3) is 0.604. The van der Waals surface area contributed by atoms with Gasteiger partial charge in [-0.15, -0.1) is 0 Å². The van der Waals surface area contributed by atoms with Gasteiger partial charge in [0.15, 0.2) is 6.10 Å². The van der Waals surface area contributed by atoms with Crippen LogP contribution in [0.1, 0.15) is 188 Å². The molecule has 1 unspecified atom stereocenters. The van der Waals surface area contributed by atoms with E-state index in [2.05, 4.69) is 51.2 Å². The normalized spacial score (nSPS) is 13.1. The van der Waals surface area contributed by atoms with Crippen LogP contribution >= 0.6 is 0 Å². The molecule has 0 aromatic carbocycles. The molecular weight excluding hydrogens is 733 g/mol. The second-order valence-electron chi connectivity index (χ2n) is 15.1. The van der Waals surface area contributed by atoms with Gasteiger partial charge < -0.3 is 14.2 Å². The maximum absolute atomic E-state index is 12.7. The van der Waals surface area contributed by atoms with Gasteiger partial charge in [-0.2, -0.15) is 0 Å². The highest BCUT2D eigenvalue weighted by atomic mass is 16.6. The van der Waals surface area contributed by atoms with Crippen LogP contribution in [0.2, 0.25) is 0 Å². The average molecular weight is 817 g/mol. The van der Waals surface area contributed by atoms with Crippen LogP contribution in [-0.4, -0.2) is 37.2 Å². The number of carbonyl (C=O) groups is 3. The first-order valence-corrected chi connectivity index (χ1v) is 23.5. The Morgan fingerprint density at radius 2 is 0.678 bits per heavy atom. The van der Waals surface area contributed by atoms with Gasteiger partial charge in [-0.05, 0) is 51.4 Å². The van der Waals surface area contributed by atoms with E-state index in [0.29, 0.717) is 19.3 Å². The molecule has 0 aromatic rings. The minimum Gasteiger partial charge on any atom is -0.462 e. The quantitative estimate of drug-likeness (QED) is 0.0265. The maximum atomic E-state index is 12.7. The molecule has 0 bridgehead atoms. The van der Waals surface area contributed by atoms with Gasteiger partial charge in [-0.3, -0.25) is 14.4 Å². The zero-order valence-electron chi connectivity index (χ0n) is 37.7. The summed E-state index contributed by atoms with van der Waals surface area (Å²) in [6, 6.07) is 0. The Morgan fingerprint density at radius 3 is 1.08 bits per heavy atom. The average Bonchev–Trinajstić information content (AvgIpc) is 3.23. The van der Waals surface area contributed by atoms with Crippen LogP contribution in [0, 0.1) is 0 Å². The summed E-state index contributed by atoms with van der Waals surface area (Å²) in [4.78, 5) is 37.8. The molecule has 0 aliphatic heterocycles. The molecule has 0 amide bonds. The van der Waals surface area contributed by atoms with Crippen molar-refractivity contribution in [3.63, 3.8) is 0 Å². The van der Waals surface area contributed by atoms with E-state index in [0.717, 1.165) is 77.0 Å². The number of hydrogen-bond donors (Lipinski definition) is 0. The van der Waals surface area contributed by atoms with Crippen molar-refractivity contribution in [2.75, 3.05) is 13.2 Å². The molecule has 0 radical (unpaired) electrons. The summed E-state index contributed by atoms with van der Waals surface area (Å²) < 4.78 is 16.6. The Hall–Kier alpha value is -3.93. The monoisotopic (exact) mass is 817 g/mol. The number of ether oxygens (including phenoxy) is 3. The van der Waals surface area contributed by atoms with Crippen LogP contribution < -0.4 is 0 Å². The molecule has 0 heterocycles. The van der Waals surface area contributed by atoms with E-state index in [9.17, 15) is 14.4 Å². The summed E-state index contributed by atoms with van der Waals surface area (Å²) in [6.45, 7) is 6.25.